The highest BCUT2D eigenvalue weighted by Crippen LogP contribution is 2.25. The van der Waals surface area contributed by atoms with Gasteiger partial charge in [-0.3, -0.25) is 14.3 Å². The van der Waals surface area contributed by atoms with Crippen molar-refractivity contribution in [3.05, 3.63) is 59.7 Å². The van der Waals surface area contributed by atoms with Gasteiger partial charge in [-0.1, -0.05) is 46.2 Å². The Morgan fingerprint density at radius 3 is 2.29 bits per heavy atom. The molecule has 0 aromatic heterocycles. The Kier molecular flexibility index (Phi) is 8.59. The molecule has 3 rings (SSSR count). The molecular weight excluding hydrogens is 462 g/mol. The number of piperidine rings is 1. The van der Waals surface area contributed by atoms with E-state index in [-0.39, 0.29) is 28.0 Å². The Hall–Kier alpha value is -2.87. The second-order valence-electron chi connectivity index (χ2n) is 10.2. The summed E-state index contributed by atoms with van der Waals surface area (Å²) in [7, 11) is -3.75. The zero-order valence-electron chi connectivity index (χ0n) is 21.1. The van der Waals surface area contributed by atoms with E-state index in [1.165, 1.54) is 0 Å². The lowest BCUT2D eigenvalue weighted by Crippen LogP contribution is -2.45. The van der Waals surface area contributed by atoms with E-state index in [0.29, 0.717) is 30.9 Å². The molecule has 1 saturated heterocycles. The van der Waals surface area contributed by atoms with Crippen LogP contribution in [0.4, 0.5) is 5.69 Å². The molecule has 1 fully saturated rings. The third kappa shape index (κ3) is 7.07. The number of hydrogen-bond donors (Lipinski definition) is 2. The van der Waals surface area contributed by atoms with Crippen molar-refractivity contribution in [2.75, 3.05) is 24.4 Å². The number of amides is 2. The van der Waals surface area contributed by atoms with E-state index in [9.17, 15) is 18.0 Å². The molecule has 0 spiro atoms. The zero-order chi connectivity index (χ0) is 25.6. The average molecular weight is 500 g/mol. The number of rotatable bonds is 8. The Balaban J connectivity index is 1.63. The van der Waals surface area contributed by atoms with E-state index in [1.54, 1.807) is 41.3 Å². The molecule has 0 unspecified atom stereocenters. The van der Waals surface area contributed by atoms with Gasteiger partial charge < -0.3 is 10.2 Å². The standard InChI is InChI=1S/C27H37N3O4S/c1-5-6-17-28-25(31)21-8-7-18-30(19-21)26(32)20-9-13-23(14-10-20)29-35(33,34)24-15-11-22(12-16-24)27(2,3)4/h9-16,21,29H,5-8,17-19H2,1-4H3,(H,28,31)/t21-/m1/s1. The summed E-state index contributed by atoms with van der Waals surface area (Å²) in [5, 5.41) is 2.96. The van der Waals surface area contributed by atoms with Gasteiger partial charge in [-0.25, -0.2) is 8.42 Å². The van der Waals surface area contributed by atoms with E-state index in [0.717, 1.165) is 31.2 Å². The predicted molar refractivity (Wildman–Crippen MR) is 139 cm³/mol. The summed E-state index contributed by atoms with van der Waals surface area (Å²) in [6, 6.07) is 13.3. The molecule has 1 atom stereocenters. The summed E-state index contributed by atoms with van der Waals surface area (Å²) >= 11 is 0. The Morgan fingerprint density at radius 1 is 1.03 bits per heavy atom. The molecule has 2 aromatic carbocycles. The lowest BCUT2D eigenvalue weighted by atomic mass is 9.87. The van der Waals surface area contributed by atoms with Gasteiger partial charge in [-0.2, -0.15) is 0 Å². The van der Waals surface area contributed by atoms with Gasteiger partial charge in [0.15, 0.2) is 0 Å². The Morgan fingerprint density at radius 2 is 1.69 bits per heavy atom. The first kappa shape index (κ1) is 26.7. The minimum absolute atomic E-state index is 0.0104. The third-order valence-corrected chi connectivity index (χ3v) is 7.72. The Labute approximate surface area is 209 Å². The zero-order valence-corrected chi connectivity index (χ0v) is 22.0. The van der Waals surface area contributed by atoms with E-state index < -0.39 is 10.0 Å². The lowest BCUT2D eigenvalue weighted by molar-refractivity contribution is -0.126. The highest BCUT2D eigenvalue weighted by Gasteiger charge is 2.28. The summed E-state index contributed by atoms with van der Waals surface area (Å²) in [6.45, 7) is 9.97. The van der Waals surface area contributed by atoms with Crippen molar-refractivity contribution in [2.24, 2.45) is 5.92 Å². The van der Waals surface area contributed by atoms with E-state index in [2.05, 4.69) is 37.7 Å². The first-order valence-corrected chi connectivity index (χ1v) is 13.8. The largest absolute Gasteiger partial charge is 0.356 e. The van der Waals surface area contributed by atoms with Gasteiger partial charge in [-0.15, -0.1) is 0 Å². The second kappa shape index (κ2) is 11.2. The minimum atomic E-state index is -3.75. The summed E-state index contributed by atoms with van der Waals surface area (Å²) < 4.78 is 28.2. The van der Waals surface area contributed by atoms with E-state index in [4.69, 9.17) is 0 Å². The molecule has 1 aliphatic heterocycles. The molecule has 7 nitrogen and oxygen atoms in total. The first-order valence-electron chi connectivity index (χ1n) is 12.3. The van der Waals surface area contributed by atoms with Gasteiger partial charge in [0, 0.05) is 30.9 Å². The van der Waals surface area contributed by atoms with Crippen molar-refractivity contribution in [1.29, 1.82) is 0 Å². The predicted octanol–water partition coefficient (Wildman–Crippen LogP) is 4.55. The molecule has 0 radical (unpaired) electrons. The van der Waals surface area contributed by atoms with Crippen molar-refractivity contribution in [2.45, 2.75) is 63.7 Å². The summed E-state index contributed by atoms with van der Waals surface area (Å²) in [5.74, 6) is -0.334. The number of anilines is 1. The normalized spacial score (nSPS) is 16.6. The van der Waals surface area contributed by atoms with Crippen LogP contribution in [0.5, 0.6) is 0 Å². The number of carbonyl (C=O) groups excluding carboxylic acids is 2. The SMILES string of the molecule is CCCCNC(=O)[C@@H]1CCCN(C(=O)c2ccc(NS(=O)(=O)c3ccc(C(C)(C)C)cc3)cc2)C1. The maximum absolute atomic E-state index is 13.0. The van der Waals surface area contributed by atoms with Crippen LogP contribution in [0.1, 0.15) is 69.3 Å². The fourth-order valence-corrected chi connectivity index (χ4v) is 5.18. The van der Waals surface area contributed by atoms with Crippen LogP contribution in [0.15, 0.2) is 53.4 Å². The molecule has 1 aliphatic rings. The number of sulfonamides is 1. The fraction of sp³-hybridized carbons (Fsp3) is 0.481. The van der Waals surface area contributed by atoms with Crippen molar-refractivity contribution in [3.63, 3.8) is 0 Å². The minimum Gasteiger partial charge on any atom is -0.356 e. The molecule has 2 aromatic rings. The summed E-state index contributed by atoms with van der Waals surface area (Å²) in [6.07, 6.45) is 3.52. The first-order chi connectivity index (χ1) is 16.5. The van der Waals surface area contributed by atoms with Crippen molar-refractivity contribution in [1.82, 2.24) is 10.2 Å². The number of nitrogens with zero attached hydrogens (tertiary/aromatic N) is 1. The summed E-state index contributed by atoms with van der Waals surface area (Å²) in [4.78, 5) is 27.3. The number of hydrogen-bond acceptors (Lipinski definition) is 4. The monoisotopic (exact) mass is 499 g/mol. The third-order valence-electron chi connectivity index (χ3n) is 6.32. The van der Waals surface area contributed by atoms with Crippen LogP contribution in [0.3, 0.4) is 0 Å². The molecular formula is C27H37N3O4S. The molecule has 0 bridgehead atoms. The van der Waals surface area contributed by atoms with Gasteiger partial charge in [0.25, 0.3) is 15.9 Å². The number of unbranched alkanes of at least 4 members (excludes halogenated alkanes) is 1. The van der Waals surface area contributed by atoms with Crippen LogP contribution < -0.4 is 10.0 Å². The highest BCUT2D eigenvalue weighted by molar-refractivity contribution is 7.92. The molecule has 0 aliphatic carbocycles. The maximum Gasteiger partial charge on any atom is 0.261 e. The van der Waals surface area contributed by atoms with Gasteiger partial charge in [0.1, 0.15) is 0 Å². The van der Waals surface area contributed by atoms with Crippen LogP contribution in [-0.4, -0.2) is 44.8 Å². The second-order valence-corrected chi connectivity index (χ2v) is 11.9. The van der Waals surface area contributed by atoms with Crippen LogP contribution in [0.2, 0.25) is 0 Å². The van der Waals surface area contributed by atoms with Crippen LogP contribution >= 0.6 is 0 Å². The topological polar surface area (TPSA) is 95.6 Å². The van der Waals surface area contributed by atoms with Gasteiger partial charge in [-0.05, 0) is 66.6 Å². The molecule has 190 valence electrons. The van der Waals surface area contributed by atoms with Crippen molar-refractivity contribution < 1.29 is 18.0 Å². The number of likely N-dealkylation sites (tertiary alicyclic amines) is 1. The van der Waals surface area contributed by atoms with Crippen LogP contribution in [0, 0.1) is 5.92 Å². The molecule has 8 heteroatoms. The van der Waals surface area contributed by atoms with Crippen LogP contribution in [-0.2, 0) is 20.2 Å². The Bertz CT molecular complexity index is 1120. The number of carbonyl (C=O) groups is 2. The molecule has 2 N–H and O–H groups in total. The van der Waals surface area contributed by atoms with E-state index in [1.807, 2.05) is 12.1 Å². The fourth-order valence-electron chi connectivity index (χ4n) is 4.12. The van der Waals surface area contributed by atoms with Gasteiger partial charge in [0.2, 0.25) is 5.91 Å². The smallest absolute Gasteiger partial charge is 0.261 e. The molecule has 1 heterocycles. The maximum atomic E-state index is 13.0. The summed E-state index contributed by atoms with van der Waals surface area (Å²) in [5.41, 5.74) is 1.84. The van der Waals surface area contributed by atoms with Crippen molar-refractivity contribution in [3.8, 4) is 0 Å². The quantitative estimate of drug-likeness (QED) is 0.521. The van der Waals surface area contributed by atoms with Gasteiger partial charge >= 0.3 is 0 Å². The van der Waals surface area contributed by atoms with Crippen molar-refractivity contribution >= 4 is 27.5 Å². The lowest BCUT2D eigenvalue weighted by Gasteiger charge is -2.32. The molecule has 35 heavy (non-hydrogen) atoms. The highest BCUT2D eigenvalue weighted by atomic mass is 32.2. The average Bonchev–Trinajstić information content (AvgIpc) is 2.83. The van der Waals surface area contributed by atoms with Crippen LogP contribution in [0.25, 0.3) is 0 Å². The van der Waals surface area contributed by atoms with Gasteiger partial charge in [0.05, 0.1) is 10.8 Å². The molecule has 0 saturated carbocycles. The van der Waals surface area contributed by atoms with E-state index >= 15 is 0 Å². The molecule has 2 amide bonds. The number of benzene rings is 2. The number of nitrogens with one attached hydrogen (secondary N) is 2.